The third-order valence-electron chi connectivity index (χ3n) is 3.80. The first-order valence-electron chi connectivity index (χ1n) is 7.24. The van der Waals surface area contributed by atoms with Crippen LogP contribution in [0.2, 0.25) is 0 Å². The highest BCUT2D eigenvalue weighted by Gasteiger charge is 2.15. The van der Waals surface area contributed by atoms with Crippen LogP contribution in [0, 0.1) is 0 Å². The Morgan fingerprint density at radius 3 is 2.08 bits per heavy atom. The lowest BCUT2D eigenvalue weighted by Crippen LogP contribution is -2.04. The molecule has 0 fully saturated rings. The molecule has 0 unspecified atom stereocenters. The number of benzene rings is 2. The smallest absolute Gasteiger partial charge is 0.126 e. The highest BCUT2D eigenvalue weighted by molar-refractivity contribution is 7.85. The summed E-state index contributed by atoms with van der Waals surface area (Å²) in [4.78, 5) is 8.48. The molecule has 0 spiro atoms. The Bertz CT molecular complexity index is 1190. The molecular formula is C18H11N2O3S-. The normalized spacial score (nSPS) is 11.9. The van der Waals surface area contributed by atoms with Gasteiger partial charge in [-0.1, -0.05) is 42.5 Å². The van der Waals surface area contributed by atoms with Crippen LogP contribution >= 0.6 is 0 Å². The van der Waals surface area contributed by atoms with Crippen molar-refractivity contribution < 1.29 is 13.0 Å². The summed E-state index contributed by atoms with van der Waals surface area (Å²) >= 11 is 0. The Morgan fingerprint density at radius 1 is 0.750 bits per heavy atom. The Kier molecular flexibility index (Phi) is 3.30. The maximum atomic E-state index is 11.7. The van der Waals surface area contributed by atoms with Gasteiger partial charge >= 0.3 is 0 Å². The molecule has 5 nitrogen and oxygen atoms in total. The number of nitrogens with zero attached hydrogens (tertiary/aromatic N) is 2. The van der Waals surface area contributed by atoms with Crippen molar-refractivity contribution in [2.45, 2.75) is 4.90 Å². The van der Waals surface area contributed by atoms with E-state index in [1.807, 2.05) is 30.3 Å². The van der Waals surface area contributed by atoms with Gasteiger partial charge in [0, 0.05) is 10.8 Å². The summed E-state index contributed by atoms with van der Waals surface area (Å²) in [7, 11) is -4.68. The van der Waals surface area contributed by atoms with Crippen LogP contribution in [0.4, 0.5) is 0 Å². The minimum Gasteiger partial charge on any atom is -0.744 e. The second-order valence-corrected chi connectivity index (χ2v) is 6.72. The Balaban J connectivity index is 2.06. The zero-order valence-corrected chi connectivity index (χ0v) is 13.2. The van der Waals surface area contributed by atoms with E-state index < -0.39 is 10.1 Å². The van der Waals surface area contributed by atoms with Crippen molar-refractivity contribution in [1.82, 2.24) is 9.97 Å². The van der Waals surface area contributed by atoms with Crippen molar-refractivity contribution in [1.29, 1.82) is 0 Å². The van der Waals surface area contributed by atoms with Gasteiger partial charge in [0.1, 0.15) is 15.8 Å². The summed E-state index contributed by atoms with van der Waals surface area (Å²) in [5, 5.41) is 1.52. The van der Waals surface area contributed by atoms with Crippen molar-refractivity contribution in [2.75, 3.05) is 0 Å². The average Bonchev–Trinajstić information content (AvgIpc) is 2.59. The highest BCUT2D eigenvalue weighted by Crippen LogP contribution is 2.29. The van der Waals surface area contributed by atoms with Crippen LogP contribution in [0.15, 0.2) is 71.6 Å². The molecule has 0 aliphatic rings. The zero-order chi connectivity index (χ0) is 16.7. The molecule has 0 saturated carbocycles. The number of aromatic nitrogens is 2. The van der Waals surface area contributed by atoms with Gasteiger partial charge < -0.3 is 4.55 Å². The van der Waals surface area contributed by atoms with Gasteiger partial charge in [-0.05, 0) is 24.3 Å². The summed E-state index contributed by atoms with van der Waals surface area (Å²) in [6.07, 6.45) is 0. The predicted octanol–water partition coefficient (Wildman–Crippen LogP) is 3.35. The molecule has 4 aromatic rings. The lowest BCUT2D eigenvalue weighted by Gasteiger charge is -2.13. The third kappa shape index (κ3) is 2.51. The molecule has 6 heteroatoms. The summed E-state index contributed by atoms with van der Waals surface area (Å²) in [5.74, 6) is 0. The van der Waals surface area contributed by atoms with Crippen LogP contribution in [0.3, 0.4) is 0 Å². The molecule has 4 rings (SSSR count). The van der Waals surface area contributed by atoms with Crippen molar-refractivity contribution in [2.24, 2.45) is 0 Å². The van der Waals surface area contributed by atoms with E-state index in [1.165, 1.54) is 6.07 Å². The first kappa shape index (κ1) is 14.7. The van der Waals surface area contributed by atoms with E-state index in [2.05, 4.69) is 9.97 Å². The topological polar surface area (TPSA) is 83.0 Å². The number of pyridine rings is 2. The maximum Gasteiger partial charge on any atom is 0.126 e. The van der Waals surface area contributed by atoms with E-state index in [1.54, 1.807) is 30.3 Å². The molecule has 0 atom stereocenters. The molecule has 2 aromatic carbocycles. The van der Waals surface area contributed by atoms with Crippen LogP contribution in [0.5, 0.6) is 0 Å². The molecule has 0 saturated heterocycles. The third-order valence-corrected chi connectivity index (χ3v) is 4.65. The van der Waals surface area contributed by atoms with Gasteiger partial charge in [0.25, 0.3) is 0 Å². The van der Waals surface area contributed by atoms with E-state index in [0.29, 0.717) is 22.1 Å². The Hall–Kier alpha value is -2.83. The number of rotatable bonds is 2. The first-order chi connectivity index (χ1) is 11.5. The van der Waals surface area contributed by atoms with E-state index in [-0.39, 0.29) is 10.6 Å². The molecule has 0 aliphatic heterocycles. The lowest BCUT2D eigenvalue weighted by atomic mass is 10.1. The molecule has 0 bridgehead atoms. The highest BCUT2D eigenvalue weighted by atomic mass is 32.2. The van der Waals surface area contributed by atoms with Crippen molar-refractivity contribution >= 4 is 31.9 Å². The van der Waals surface area contributed by atoms with Gasteiger partial charge in [-0.25, -0.2) is 18.4 Å². The summed E-state index contributed by atoms with van der Waals surface area (Å²) in [6.45, 7) is 0. The van der Waals surface area contributed by atoms with Gasteiger partial charge in [0.2, 0.25) is 0 Å². The first-order valence-corrected chi connectivity index (χ1v) is 8.65. The molecule has 24 heavy (non-hydrogen) atoms. The molecule has 2 aromatic heterocycles. The Labute approximate surface area is 138 Å². The number of hydrogen-bond donors (Lipinski definition) is 0. The van der Waals surface area contributed by atoms with Crippen LogP contribution in [-0.4, -0.2) is 22.9 Å². The average molecular weight is 335 g/mol. The lowest BCUT2D eigenvalue weighted by molar-refractivity contribution is 0.463. The minimum absolute atomic E-state index is 0.0782. The van der Waals surface area contributed by atoms with Crippen molar-refractivity contribution in [3.8, 4) is 11.4 Å². The van der Waals surface area contributed by atoms with Crippen molar-refractivity contribution in [3.05, 3.63) is 66.7 Å². The standard InChI is InChI=1S/C18H12N2O3S/c21-24(22,23)17-11-13-6-2-4-8-15(13)20-18(17)16-10-9-12-5-1-3-7-14(12)19-16/h1-11H,(H,21,22,23)/p-1. The molecule has 0 aliphatic carbocycles. The van der Waals surface area contributed by atoms with Gasteiger partial charge in [-0.15, -0.1) is 0 Å². The molecule has 0 radical (unpaired) electrons. The largest absolute Gasteiger partial charge is 0.744 e. The van der Waals surface area contributed by atoms with Crippen molar-refractivity contribution in [3.63, 3.8) is 0 Å². The maximum absolute atomic E-state index is 11.7. The van der Waals surface area contributed by atoms with Gasteiger partial charge in [-0.3, -0.25) is 0 Å². The second-order valence-electron chi connectivity index (χ2n) is 5.37. The molecule has 118 valence electrons. The minimum atomic E-state index is -4.68. The van der Waals surface area contributed by atoms with E-state index >= 15 is 0 Å². The molecule has 0 amide bonds. The fraction of sp³-hybridized carbons (Fsp3) is 0. The van der Waals surface area contributed by atoms with E-state index in [9.17, 15) is 13.0 Å². The van der Waals surface area contributed by atoms with Crippen LogP contribution < -0.4 is 0 Å². The van der Waals surface area contributed by atoms with Gasteiger partial charge in [-0.2, -0.15) is 0 Å². The van der Waals surface area contributed by atoms with Gasteiger partial charge in [0.05, 0.1) is 21.6 Å². The van der Waals surface area contributed by atoms with E-state index in [0.717, 1.165) is 5.39 Å². The monoisotopic (exact) mass is 335 g/mol. The number of fused-ring (bicyclic) bond motifs is 2. The SMILES string of the molecule is O=S(=O)([O-])c1cc2ccccc2nc1-c1ccc2ccccc2n1. The summed E-state index contributed by atoms with van der Waals surface area (Å²) in [6, 6.07) is 19.4. The van der Waals surface area contributed by atoms with E-state index in [4.69, 9.17) is 0 Å². The van der Waals surface area contributed by atoms with Gasteiger partial charge in [0.15, 0.2) is 0 Å². The molecule has 2 heterocycles. The van der Waals surface area contributed by atoms with Crippen LogP contribution in [-0.2, 0) is 10.1 Å². The number of para-hydroxylation sites is 2. The summed E-state index contributed by atoms with van der Waals surface area (Å²) in [5.41, 5.74) is 1.75. The zero-order valence-electron chi connectivity index (χ0n) is 12.4. The quantitative estimate of drug-likeness (QED) is 0.525. The van der Waals surface area contributed by atoms with Crippen LogP contribution in [0.25, 0.3) is 33.2 Å². The fourth-order valence-electron chi connectivity index (χ4n) is 2.67. The second kappa shape index (κ2) is 5.36. The number of hydrogen-bond acceptors (Lipinski definition) is 5. The summed E-state index contributed by atoms with van der Waals surface area (Å²) < 4.78 is 35.1. The molecule has 0 N–H and O–H groups in total. The Morgan fingerprint density at radius 2 is 1.38 bits per heavy atom. The molecular weight excluding hydrogens is 324 g/mol. The van der Waals surface area contributed by atoms with Crippen LogP contribution in [0.1, 0.15) is 0 Å². The fourth-order valence-corrected chi connectivity index (χ4v) is 3.33. The predicted molar refractivity (Wildman–Crippen MR) is 90.4 cm³/mol.